The molecule has 3 heteroatoms. The molecule has 0 atom stereocenters. The van der Waals surface area contributed by atoms with Crippen molar-refractivity contribution < 1.29 is 4.74 Å². The van der Waals surface area contributed by atoms with Crippen molar-refractivity contribution in [2.75, 3.05) is 24.7 Å². The molecule has 0 bridgehead atoms. The smallest absolute Gasteiger partial charge is 0.122 e. The molecule has 100 valence electrons. The first kappa shape index (κ1) is 13.3. The van der Waals surface area contributed by atoms with Gasteiger partial charge in [-0.15, -0.1) is 0 Å². The Balaban J connectivity index is 1.96. The van der Waals surface area contributed by atoms with Gasteiger partial charge in [0.05, 0.1) is 18.5 Å². The number of nitrogen functional groups attached to an aromatic ring is 1. The van der Waals surface area contributed by atoms with Crippen LogP contribution >= 0.6 is 0 Å². The van der Waals surface area contributed by atoms with Gasteiger partial charge in [-0.2, -0.15) is 0 Å². The molecule has 0 aliphatic heterocycles. The van der Waals surface area contributed by atoms with Crippen LogP contribution in [0.15, 0.2) is 42.5 Å². The Labute approximate surface area is 114 Å². The summed E-state index contributed by atoms with van der Waals surface area (Å²) in [4.78, 5) is 0. The molecular formula is C16H20N2O. The van der Waals surface area contributed by atoms with Gasteiger partial charge in [-0.3, -0.25) is 0 Å². The average molecular weight is 256 g/mol. The molecule has 0 amide bonds. The van der Waals surface area contributed by atoms with Crippen LogP contribution in [0.1, 0.15) is 11.1 Å². The number of rotatable bonds is 5. The monoisotopic (exact) mass is 256 g/mol. The van der Waals surface area contributed by atoms with Crippen molar-refractivity contribution in [1.29, 1.82) is 0 Å². The highest BCUT2D eigenvalue weighted by molar-refractivity contribution is 5.66. The van der Waals surface area contributed by atoms with E-state index in [1.165, 1.54) is 11.1 Å². The highest BCUT2D eigenvalue weighted by atomic mass is 16.5. The SMILES string of the molecule is COc1ccccc1CCNc1ccc(C)cc1N. The van der Waals surface area contributed by atoms with Gasteiger partial charge in [-0.05, 0) is 42.7 Å². The molecule has 0 aliphatic rings. The molecule has 2 rings (SSSR count). The number of nitrogens with two attached hydrogens (primary N) is 1. The Bertz CT molecular complexity index is 552. The van der Waals surface area contributed by atoms with E-state index < -0.39 is 0 Å². The summed E-state index contributed by atoms with van der Waals surface area (Å²) in [6.07, 6.45) is 0.900. The summed E-state index contributed by atoms with van der Waals surface area (Å²) in [7, 11) is 1.70. The number of ether oxygens (including phenoxy) is 1. The van der Waals surface area contributed by atoms with Crippen molar-refractivity contribution in [2.24, 2.45) is 0 Å². The van der Waals surface area contributed by atoms with Gasteiger partial charge >= 0.3 is 0 Å². The lowest BCUT2D eigenvalue weighted by molar-refractivity contribution is 0.410. The molecular weight excluding hydrogens is 236 g/mol. The highest BCUT2D eigenvalue weighted by Crippen LogP contribution is 2.21. The number of hydrogen-bond donors (Lipinski definition) is 2. The molecule has 0 spiro atoms. The lowest BCUT2D eigenvalue weighted by atomic mass is 10.1. The molecule has 3 N–H and O–H groups in total. The summed E-state index contributed by atoms with van der Waals surface area (Å²) in [5, 5.41) is 3.36. The lowest BCUT2D eigenvalue weighted by Crippen LogP contribution is -2.07. The second-order valence-corrected chi connectivity index (χ2v) is 4.58. The van der Waals surface area contributed by atoms with Gasteiger partial charge in [0.2, 0.25) is 0 Å². The summed E-state index contributed by atoms with van der Waals surface area (Å²) >= 11 is 0. The standard InChI is InChI=1S/C16H20N2O/c1-12-7-8-15(14(17)11-12)18-10-9-13-5-3-4-6-16(13)19-2/h3-8,11,18H,9-10,17H2,1-2H3. The van der Waals surface area contributed by atoms with Gasteiger partial charge < -0.3 is 15.8 Å². The number of hydrogen-bond acceptors (Lipinski definition) is 3. The predicted molar refractivity (Wildman–Crippen MR) is 80.8 cm³/mol. The van der Waals surface area contributed by atoms with Crippen molar-refractivity contribution in [2.45, 2.75) is 13.3 Å². The molecule has 0 heterocycles. The fourth-order valence-corrected chi connectivity index (χ4v) is 2.08. The van der Waals surface area contributed by atoms with Crippen molar-refractivity contribution in [3.8, 4) is 5.75 Å². The van der Waals surface area contributed by atoms with Crippen LogP contribution in [-0.2, 0) is 6.42 Å². The zero-order valence-electron chi connectivity index (χ0n) is 11.4. The predicted octanol–water partition coefficient (Wildman–Crippen LogP) is 3.24. The van der Waals surface area contributed by atoms with E-state index in [1.54, 1.807) is 7.11 Å². The molecule has 19 heavy (non-hydrogen) atoms. The second kappa shape index (κ2) is 6.14. The van der Waals surface area contributed by atoms with Gasteiger partial charge in [-0.25, -0.2) is 0 Å². The first-order valence-corrected chi connectivity index (χ1v) is 6.42. The van der Waals surface area contributed by atoms with E-state index in [9.17, 15) is 0 Å². The first-order valence-electron chi connectivity index (χ1n) is 6.42. The third kappa shape index (κ3) is 3.41. The molecule has 0 saturated carbocycles. The highest BCUT2D eigenvalue weighted by Gasteiger charge is 2.02. The Morgan fingerprint density at radius 1 is 1.16 bits per heavy atom. The molecule has 0 aromatic heterocycles. The fourth-order valence-electron chi connectivity index (χ4n) is 2.08. The van der Waals surface area contributed by atoms with E-state index in [-0.39, 0.29) is 0 Å². The summed E-state index contributed by atoms with van der Waals surface area (Å²) in [5.41, 5.74) is 10.1. The minimum atomic E-state index is 0.792. The van der Waals surface area contributed by atoms with Crippen LogP contribution in [0.2, 0.25) is 0 Å². The molecule has 2 aromatic carbocycles. The molecule has 2 aromatic rings. The number of benzene rings is 2. The number of anilines is 2. The van der Waals surface area contributed by atoms with Crippen LogP contribution in [0.5, 0.6) is 5.75 Å². The van der Waals surface area contributed by atoms with Gasteiger partial charge in [0.25, 0.3) is 0 Å². The third-order valence-electron chi connectivity index (χ3n) is 3.11. The van der Waals surface area contributed by atoms with E-state index in [0.717, 1.165) is 30.1 Å². The van der Waals surface area contributed by atoms with Crippen molar-refractivity contribution >= 4 is 11.4 Å². The quantitative estimate of drug-likeness (QED) is 0.807. The normalized spacial score (nSPS) is 10.2. The summed E-state index contributed by atoms with van der Waals surface area (Å²) in [6.45, 7) is 2.86. The van der Waals surface area contributed by atoms with Gasteiger partial charge in [0.1, 0.15) is 5.75 Å². The van der Waals surface area contributed by atoms with Crippen molar-refractivity contribution in [3.05, 3.63) is 53.6 Å². The van der Waals surface area contributed by atoms with E-state index >= 15 is 0 Å². The molecule has 3 nitrogen and oxygen atoms in total. The van der Waals surface area contributed by atoms with Crippen LogP contribution in [0.25, 0.3) is 0 Å². The van der Waals surface area contributed by atoms with E-state index in [1.807, 2.05) is 37.3 Å². The van der Waals surface area contributed by atoms with Gasteiger partial charge in [-0.1, -0.05) is 24.3 Å². The molecule has 0 radical (unpaired) electrons. The lowest BCUT2D eigenvalue weighted by Gasteiger charge is -2.11. The Morgan fingerprint density at radius 3 is 2.68 bits per heavy atom. The maximum absolute atomic E-state index is 5.97. The van der Waals surface area contributed by atoms with Gasteiger partial charge in [0, 0.05) is 6.54 Å². The van der Waals surface area contributed by atoms with Gasteiger partial charge in [0.15, 0.2) is 0 Å². The topological polar surface area (TPSA) is 47.3 Å². The van der Waals surface area contributed by atoms with Crippen LogP contribution < -0.4 is 15.8 Å². The summed E-state index contributed by atoms with van der Waals surface area (Å²) in [6, 6.07) is 14.1. The third-order valence-corrected chi connectivity index (χ3v) is 3.11. The Kier molecular flexibility index (Phi) is 4.29. The van der Waals surface area contributed by atoms with E-state index in [4.69, 9.17) is 10.5 Å². The molecule has 0 saturated heterocycles. The maximum Gasteiger partial charge on any atom is 0.122 e. The van der Waals surface area contributed by atoms with Crippen LogP contribution in [0.4, 0.5) is 11.4 Å². The number of methoxy groups -OCH3 is 1. The molecule has 0 aliphatic carbocycles. The minimum absolute atomic E-state index is 0.792. The number of aryl methyl sites for hydroxylation is 1. The van der Waals surface area contributed by atoms with Crippen molar-refractivity contribution in [3.63, 3.8) is 0 Å². The zero-order chi connectivity index (χ0) is 13.7. The fraction of sp³-hybridized carbons (Fsp3) is 0.250. The summed E-state index contributed by atoms with van der Waals surface area (Å²) < 4.78 is 5.34. The van der Waals surface area contributed by atoms with Crippen molar-refractivity contribution in [1.82, 2.24) is 0 Å². The Morgan fingerprint density at radius 2 is 1.95 bits per heavy atom. The maximum atomic E-state index is 5.97. The second-order valence-electron chi connectivity index (χ2n) is 4.58. The molecule has 0 fully saturated rings. The van der Waals surface area contributed by atoms with Crippen LogP contribution in [0, 0.1) is 6.92 Å². The van der Waals surface area contributed by atoms with Crippen LogP contribution in [-0.4, -0.2) is 13.7 Å². The number of nitrogens with one attached hydrogen (secondary N) is 1. The van der Waals surface area contributed by atoms with E-state index in [2.05, 4.69) is 17.4 Å². The Hall–Kier alpha value is -2.16. The van der Waals surface area contributed by atoms with E-state index in [0.29, 0.717) is 0 Å². The summed E-state index contributed by atoms with van der Waals surface area (Å²) in [5.74, 6) is 0.932. The zero-order valence-corrected chi connectivity index (χ0v) is 11.4. The minimum Gasteiger partial charge on any atom is -0.496 e. The largest absolute Gasteiger partial charge is 0.496 e. The number of para-hydroxylation sites is 1. The average Bonchev–Trinajstić information content (AvgIpc) is 2.42. The van der Waals surface area contributed by atoms with Crippen LogP contribution in [0.3, 0.4) is 0 Å². The molecule has 0 unspecified atom stereocenters. The first-order chi connectivity index (χ1) is 9.20.